The number of fused-ring (bicyclic) bond motifs is 1. The largest absolute Gasteiger partial charge is 0.297 e. The molecule has 3 rings (SSSR count). The van der Waals surface area contributed by atoms with Crippen LogP contribution in [0.4, 0.5) is 0 Å². The first-order chi connectivity index (χ1) is 7.88. The predicted octanol–water partition coefficient (Wildman–Crippen LogP) is 2.93. The quantitative estimate of drug-likeness (QED) is 0.639. The first kappa shape index (κ1) is 9.13. The van der Waals surface area contributed by atoms with Crippen LogP contribution in [-0.2, 0) is 0 Å². The van der Waals surface area contributed by atoms with Gasteiger partial charge < -0.3 is 0 Å². The fourth-order valence-corrected chi connectivity index (χ4v) is 2.36. The van der Waals surface area contributed by atoms with Gasteiger partial charge in [-0.3, -0.25) is 4.40 Å². The number of nitrogens with zero attached hydrogens (tertiary/aromatic N) is 3. The topological polar surface area (TPSA) is 41.1 Å². The monoisotopic (exact) mass is 225 g/mol. The number of thiazole rings is 1. The normalized spacial score (nSPS) is 10.4. The Morgan fingerprint density at radius 3 is 3.00 bits per heavy atom. The van der Waals surface area contributed by atoms with Crippen LogP contribution in [-0.4, -0.2) is 9.38 Å². The summed E-state index contributed by atoms with van der Waals surface area (Å²) >= 11 is 1.59. The molecule has 3 nitrogen and oxygen atoms in total. The highest BCUT2D eigenvalue weighted by Crippen LogP contribution is 2.24. The highest BCUT2D eigenvalue weighted by Gasteiger charge is 2.08. The maximum absolute atomic E-state index is 9.02. The molecule has 0 fully saturated rings. The first-order valence-electron chi connectivity index (χ1n) is 4.80. The molecule has 0 aliphatic carbocycles. The molecule has 4 heteroatoms. The average molecular weight is 225 g/mol. The van der Waals surface area contributed by atoms with E-state index < -0.39 is 0 Å². The van der Waals surface area contributed by atoms with Crippen molar-refractivity contribution in [3.05, 3.63) is 47.6 Å². The zero-order valence-electron chi connectivity index (χ0n) is 8.29. The van der Waals surface area contributed by atoms with Crippen molar-refractivity contribution in [3.8, 4) is 17.3 Å². The van der Waals surface area contributed by atoms with Gasteiger partial charge in [-0.25, -0.2) is 4.98 Å². The van der Waals surface area contributed by atoms with Gasteiger partial charge in [-0.1, -0.05) is 18.2 Å². The summed E-state index contributed by atoms with van der Waals surface area (Å²) in [5.74, 6) is 0. The molecule has 0 aliphatic heterocycles. The lowest BCUT2D eigenvalue weighted by Gasteiger charge is -1.97. The molecule has 2 aromatic heterocycles. The molecule has 1 aromatic carbocycles. The summed E-state index contributed by atoms with van der Waals surface area (Å²) in [6, 6.07) is 9.70. The van der Waals surface area contributed by atoms with E-state index in [9.17, 15) is 0 Å². The Morgan fingerprint density at radius 2 is 2.19 bits per heavy atom. The molecule has 2 heterocycles. The molecule has 0 N–H and O–H groups in total. The van der Waals surface area contributed by atoms with E-state index in [1.54, 1.807) is 11.3 Å². The third-order valence-electron chi connectivity index (χ3n) is 2.42. The lowest BCUT2D eigenvalue weighted by atomic mass is 10.1. The van der Waals surface area contributed by atoms with Gasteiger partial charge in [0, 0.05) is 23.3 Å². The van der Waals surface area contributed by atoms with Crippen molar-refractivity contribution in [1.29, 1.82) is 5.26 Å². The van der Waals surface area contributed by atoms with Crippen molar-refractivity contribution in [3.63, 3.8) is 0 Å². The number of hydrogen-bond donors (Lipinski definition) is 0. The number of benzene rings is 1. The fraction of sp³-hybridized carbons (Fsp3) is 0. The van der Waals surface area contributed by atoms with Crippen LogP contribution in [0.15, 0.2) is 42.0 Å². The number of hydrogen-bond acceptors (Lipinski definition) is 3. The SMILES string of the molecule is N#Cc1ccccc1-c1cn2ccsc2n1. The summed E-state index contributed by atoms with van der Waals surface area (Å²) in [4.78, 5) is 5.43. The second-order valence-corrected chi connectivity index (χ2v) is 4.25. The third-order valence-corrected chi connectivity index (χ3v) is 3.19. The van der Waals surface area contributed by atoms with Crippen LogP contribution >= 0.6 is 11.3 Å². The molecule has 0 amide bonds. The zero-order chi connectivity index (χ0) is 11.0. The van der Waals surface area contributed by atoms with Crippen LogP contribution in [0.25, 0.3) is 16.2 Å². The number of rotatable bonds is 1. The molecule has 0 radical (unpaired) electrons. The molecule has 76 valence electrons. The molecule has 0 saturated carbocycles. The van der Waals surface area contributed by atoms with Crippen LogP contribution < -0.4 is 0 Å². The maximum Gasteiger partial charge on any atom is 0.194 e. The van der Waals surface area contributed by atoms with Gasteiger partial charge in [-0.2, -0.15) is 5.26 Å². The highest BCUT2D eigenvalue weighted by molar-refractivity contribution is 7.15. The van der Waals surface area contributed by atoms with Gasteiger partial charge in [0.1, 0.15) is 0 Å². The summed E-state index contributed by atoms with van der Waals surface area (Å²) in [5, 5.41) is 11.0. The van der Waals surface area contributed by atoms with E-state index in [-0.39, 0.29) is 0 Å². The molecule has 0 saturated heterocycles. The van der Waals surface area contributed by atoms with Crippen molar-refractivity contribution in [2.75, 3.05) is 0 Å². The van der Waals surface area contributed by atoms with Gasteiger partial charge in [0.2, 0.25) is 0 Å². The summed E-state index contributed by atoms with van der Waals surface area (Å²) in [6.45, 7) is 0. The summed E-state index contributed by atoms with van der Waals surface area (Å²) < 4.78 is 1.97. The average Bonchev–Trinajstić information content (AvgIpc) is 2.89. The Morgan fingerprint density at radius 1 is 1.31 bits per heavy atom. The minimum atomic E-state index is 0.660. The molecule has 16 heavy (non-hydrogen) atoms. The van der Waals surface area contributed by atoms with Crippen LogP contribution in [0.1, 0.15) is 5.56 Å². The predicted molar refractivity (Wildman–Crippen MR) is 63.2 cm³/mol. The van der Waals surface area contributed by atoms with Gasteiger partial charge in [0.15, 0.2) is 4.96 Å². The molecule has 0 aliphatic rings. The lowest BCUT2D eigenvalue weighted by Crippen LogP contribution is -1.82. The molecular formula is C12H7N3S. The van der Waals surface area contributed by atoms with Crippen LogP contribution in [0, 0.1) is 11.3 Å². The Labute approximate surface area is 96.2 Å². The Kier molecular flexibility index (Phi) is 1.98. The smallest absolute Gasteiger partial charge is 0.194 e. The Bertz CT molecular complexity index is 659. The van der Waals surface area contributed by atoms with Crippen LogP contribution in [0.2, 0.25) is 0 Å². The van der Waals surface area contributed by atoms with E-state index in [1.165, 1.54) is 0 Å². The highest BCUT2D eigenvalue weighted by atomic mass is 32.1. The van der Waals surface area contributed by atoms with E-state index in [2.05, 4.69) is 11.1 Å². The van der Waals surface area contributed by atoms with Crippen molar-refractivity contribution in [1.82, 2.24) is 9.38 Å². The van der Waals surface area contributed by atoms with E-state index in [1.807, 2.05) is 46.4 Å². The molecule has 0 atom stereocenters. The molecule has 0 unspecified atom stereocenters. The number of nitriles is 1. The van der Waals surface area contributed by atoms with Crippen molar-refractivity contribution >= 4 is 16.3 Å². The maximum atomic E-state index is 9.02. The van der Waals surface area contributed by atoms with E-state index >= 15 is 0 Å². The minimum absolute atomic E-state index is 0.660. The van der Waals surface area contributed by atoms with Crippen molar-refractivity contribution in [2.24, 2.45) is 0 Å². The third kappa shape index (κ3) is 1.30. The standard InChI is InChI=1S/C12H7N3S/c13-7-9-3-1-2-4-10(9)11-8-15-5-6-16-12(15)14-11/h1-6,8H. The van der Waals surface area contributed by atoms with E-state index in [4.69, 9.17) is 5.26 Å². The lowest BCUT2D eigenvalue weighted by molar-refractivity contribution is 1.23. The molecular weight excluding hydrogens is 218 g/mol. The zero-order valence-corrected chi connectivity index (χ0v) is 9.11. The second kappa shape index (κ2) is 3.47. The van der Waals surface area contributed by atoms with E-state index in [0.29, 0.717) is 5.56 Å². The Hall–Kier alpha value is -2.12. The number of aromatic nitrogens is 2. The van der Waals surface area contributed by atoms with Gasteiger partial charge in [-0.05, 0) is 6.07 Å². The summed E-state index contributed by atoms with van der Waals surface area (Å²) in [6.07, 6.45) is 3.91. The van der Waals surface area contributed by atoms with Gasteiger partial charge in [0.05, 0.1) is 17.3 Å². The first-order valence-corrected chi connectivity index (χ1v) is 5.68. The van der Waals surface area contributed by atoms with Crippen LogP contribution in [0.3, 0.4) is 0 Å². The van der Waals surface area contributed by atoms with Crippen LogP contribution in [0.5, 0.6) is 0 Å². The number of imidazole rings is 1. The van der Waals surface area contributed by atoms with Crippen molar-refractivity contribution in [2.45, 2.75) is 0 Å². The minimum Gasteiger partial charge on any atom is -0.297 e. The van der Waals surface area contributed by atoms with Gasteiger partial charge in [-0.15, -0.1) is 11.3 Å². The Balaban J connectivity index is 2.23. The molecule has 3 aromatic rings. The second-order valence-electron chi connectivity index (χ2n) is 3.38. The molecule has 0 bridgehead atoms. The molecule has 0 spiro atoms. The van der Waals surface area contributed by atoms with E-state index in [0.717, 1.165) is 16.2 Å². The van der Waals surface area contributed by atoms with Crippen molar-refractivity contribution < 1.29 is 0 Å². The fourth-order valence-electron chi connectivity index (χ4n) is 1.66. The summed E-state index contributed by atoms with van der Waals surface area (Å²) in [7, 11) is 0. The van der Waals surface area contributed by atoms with Gasteiger partial charge in [0.25, 0.3) is 0 Å². The summed E-state index contributed by atoms with van der Waals surface area (Å²) in [5.41, 5.74) is 2.40. The van der Waals surface area contributed by atoms with Gasteiger partial charge >= 0.3 is 0 Å².